The molecule has 3 aromatic heterocycles. The van der Waals surface area contributed by atoms with E-state index in [1.807, 2.05) is 66.7 Å². The highest BCUT2D eigenvalue weighted by atomic mass is 35.5. The Morgan fingerprint density at radius 1 is 0.392 bits per heavy atom. The van der Waals surface area contributed by atoms with E-state index in [0.717, 1.165) is 89.4 Å². The third kappa shape index (κ3) is 5.62. The van der Waals surface area contributed by atoms with E-state index in [4.69, 9.17) is 9.97 Å². The van der Waals surface area contributed by atoms with Crippen molar-refractivity contribution in [1.29, 1.82) is 5.39 Å². The van der Waals surface area contributed by atoms with Crippen molar-refractivity contribution < 1.29 is 12.4 Å². The monoisotopic (exact) mass is 676 g/mol. The van der Waals surface area contributed by atoms with E-state index in [-0.39, 0.29) is 12.4 Å². The first kappa shape index (κ1) is 31.5. The number of nitrogens with zero attached hydrogens (tertiary/aromatic N) is 4. The Bertz CT molecular complexity index is 2660. The number of hydrogen-bond acceptors (Lipinski definition) is 3. The second-order valence-corrected chi connectivity index (χ2v) is 12.2. The maximum Gasteiger partial charge on any atom is 0.392 e. The second kappa shape index (κ2) is 13.2. The van der Waals surface area contributed by atoms with E-state index in [0.29, 0.717) is 5.69 Å². The molecular weight excluding hydrogens is 648 g/mol. The van der Waals surface area contributed by atoms with Crippen LogP contribution in [0.1, 0.15) is 22.8 Å². The fourth-order valence-corrected chi connectivity index (χ4v) is 6.99. The second-order valence-electron chi connectivity index (χ2n) is 12.2. The van der Waals surface area contributed by atoms with Gasteiger partial charge >= 0.3 is 5.69 Å². The summed E-state index contributed by atoms with van der Waals surface area (Å²) in [5.74, 6) is 0. The van der Waals surface area contributed by atoms with Gasteiger partial charge in [0.1, 0.15) is 0 Å². The van der Waals surface area contributed by atoms with Gasteiger partial charge in [0.2, 0.25) is 5.39 Å². The maximum atomic E-state index is 10.1. The molecule has 2 aliphatic heterocycles. The van der Waals surface area contributed by atoms with Gasteiger partial charge in [-0.05, 0) is 71.3 Å². The first-order valence-electron chi connectivity index (χ1n) is 16.5. The number of aromatic nitrogens is 4. The molecule has 0 aliphatic carbocycles. The van der Waals surface area contributed by atoms with Crippen LogP contribution in [0.4, 0.5) is 5.69 Å². The zero-order valence-electron chi connectivity index (χ0n) is 27.3. The molecule has 6 nitrogen and oxygen atoms in total. The van der Waals surface area contributed by atoms with Crippen LogP contribution in [0.15, 0.2) is 140 Å². The Morgan fingerprint density at radius 3 is 1.12 bits per heavy atom. The highest BCUT2D eigenvalue weighted by molar-refractivity contribution is 6.01. The number of aromatic amines is 2. The van der Waals surface area contributed by atoms with Gasteiger partial charge in [-0.25, -0.2) is 9.97 Å². The van der Waals surface area contributed by atoms with E-state index in [2.05, 4.69) is 106 Å². The highest BCUT2D eigenvalue weighted by Crippen LogP contribution is 2.40. The lowest BCUT2D eigenvalue weighted by Gasteiger charge is -2.06. The van der Waals surface area contributed by atoms with E-state index in [9.17, 15) is 5.39 Å². The maximum absolute atomic E-state index is 10.1. The molecule has 0 saturated heterocycles. The fraction of sp³-hybridized carbons (Fsp3) is 0. The summed E-state index contributed by atoms with van der Waals surface area (Å²) >= 11 is 0. The lowest BCUT2D eigenvalue weighted by molar-refractivity contribution is -0.00000980. The molecule has 9 rings (SSSR count). The number of halogens is 1. The Balaban J connectivity index is 0.00000374. The van der Waals surface area contributed by atoms with E-state index in [1.54, 1.807) is 6.07 Å². The Hall–Kier alpha value is -6.81. The van der Waals surface area contributed by atoms with E-state index in [1.165, 1.54) is 0 Å². The number of benzene rings is 4. The normalized spacial score (nSPS) is 11.6. The Morgan fingerprint density at radius 2 is 0.725 bits per heavy atom. The molecular formula is C44H29ClN6. The summed E-state index contributed by atoms with van der Waals surface area (Å²) < 4.78 is 0. The van der Waals surface area contributed by atoms with Crippen LogP contribution in [0.5, 0.6) is 0 Å². The standard InChI is InChI=1S/C44H28N6.ClH/c45-50-32-19-11-10-18-31(32)44-39-26-24-37(48-39)42(29-14-6-2-7-15-29)35-22-20-33(46-35)41(28-12-4-1-5-13-28)34-21-23-36(47-34)43(30-16-8-3-9-17-30)38-25-27-40(44)49-38;/h1-27,45H;1H. The zero-order chi connectivity index (χ0) is 33.4. The molecule has 0 saturated carbocycles. The molecule has 4 aromatic carbocycles. The van der Waals surface area contributed by atoms with Gasteiger partial charge in [-0.2, -0.15) is 0 Å². The molecule has 2 aliphatic rings. The molecule has 0 fully saturated rings. The molecule has 7 aromatic rings. The van der Waals surface area contributed by atoms with E-state index < -0.39 is 0 Å². The molecule has 0 amide bonds. The average molecular weight is 677 g/mol. The molecule has 242 valence electrons. The minimum Gasteiger partial charge on any atom is -1.00 e. The van der Waals surface area contributed by atoms with Crippen molar-refractivity contribution in [3.63, 3.8) is 0 Å². The molecule has 51 heavy (non-hydrogen) atoms. The number of hydrogen-bond donors (Lipinski definition) is 2. The van der Waals surface area contributed by atoms with Gasteiger partial charge in [0.05, 0.1) is 28.3 Å². The van der Waals surface area contributed by atoms with Crippen LogP contribution in [0.3, 0.4) is 0 Å². The summed E-state index contributed by atoms with van der Waals surface area (Å²) in [6, 6.07) is 47.1. The van der Waals surface area contributed by atoms with Crippen LogP contribution in [0.25, 0.3) is 95.9 Å². The summed E-state index contributed by atoms with van der Waals surface area (Å²) in [6.07, 6.45) is 8.30. The lowest BCUT2D eigenvalue weighted by Crippen LogP contribution is -3.00. The predicted molar refractivity (Wildman–Crippen MR) is 205 cm³/mol. The average Bonchev–Trinajstić information content (AvgIpc) is 4.01. The molecule has 0 atom stereocenters. The lowest BCUT2D eigenvalue weighted by atomic mass is 10.0. The topological polar surface area (TPSA) is 85.5 Å². The largest absolute Gasteiger partial charge is 1.00 e. The van der Waals surface area contributed by atoms with Gasteiger partial charge in [0.15, 0.2) is 4.98 Å². The number of nitrogens with one attached hydrogen (secondary N) is 2. The molecule has 7 heteroatoms. The van der Waals surface area contributed by atoms with Gasteiger partial charge < -0.3 is 22.4 Å². The van der Waals surface area contributed by atoms with Gasteiger partial charge in [-0.15, -0.1) is 0 Å². The minimum atomic E-state index is 0. The van der Waals surface area contributed by atoms with Gasteiger partial charge in [-0.1, -0.05) is 103 Å². The molecule has 5 heterocycles. The third-order valence-corrected chi connectivity index (χ3v) is 9.22. The Kier molecular flexibility index (Phi) is 8.17. The number of rotatable bonds is 4. The summed E-state index contributed by atoms with van der Waals surface area (Å²) in [5.41, 5.74) is 15.1. The number of H-pyrrole nitrogens is 2. The van der Waals surface area contributed by atoms with Crippen molar-refractivity contribution in [3.05, 3.63) is 167 Å². The van der Waals surface area contributed by atoms with Crippen molar-refractivity contribution >= 4 is 52.1 Å². The van der Waals surface area contributed by atoms with Crippen LogP contribution < -0.4 is 12.4 Å². The molecule has 0 radical (unpaired) electrons. The van der Waals surface area contributed by atoms with Crippen molar-refractivity contribution in [1.82, 2.24) is 19.9 Å². The van der Waals surface area contributed by atoms with Crippen LogP contribution >= 0.6 is 0 Å². The van der Waals surface area contributed by atoms with Crippen molar-refractivity contribution in [2.24, 2.45) is 0 Å². The summed E-state index contributed by atoms with van der Waals surface area (Å²) in [6.45, 7) is 0. The van der Waals surface area contributed by atoms with Gasteiger partial charge in [-0.3, -0.25) is 0 Å². The van der Waals surface area contributed by atoms with E-state index >= 15 is 0 Å². The van der Waals surface area contributed by atoms with Crippen LogP contribution in [0, 0.1) is 5.39 Å². The Labute approximate surface area is 300 Å². The summed E-state index contributed by atoms with van der Waals surface area (Å²) in [7, 11) is 0. The SMILES string of the molecule is N#[N+]c1ccccc1-c1c2nc(c(-c3ccccc3)c3ccc([nH]3)c(-c3ccccc3)c3nc(c(-c4ccccc4)c4ccc1[nH]4)C=C3)C=C2.[Cl-]. The van der Waals surface area contributed by atoms with Gasteiger partial charge in [0, 0.05) is 50.4 Å². The first-order valence-corrected chi connectivity index (χ1v) is 16.5. The molecule has 0 unspecified atom stereocenters. The summed E-state index contributed by atoms with van der Waals surface area (Å²) in [5, 5.41) is 10.1. The smallest absolute Gasteiger partial charge is 0.392 e. The van der Waals surface area contributed by atoms with Gasteiger partial charge in [0.25, 0.3) is 0 Å². The molecule has 8 bridgehead atoms. The van der Waals surface area contributed by atoms with Crippen LogP contribution in [-0.4, -0.2) is 19.9 Å². The van der Waals surface area contributed by atoms with Crippen molar-refractivity contribution in [2.45, 2.75) is 0 Å². The van der Waals surface area contributed by atoms with Crippen LogP contribution in [-0.2, 0) is 0 Å². The zero-order valence-corrected chi connectivity index (χ0v) is 28.0. The minimum absolute atomic E-state index is 0. The number of diazo groups is 1. The first-order chi connectivity index (χ1) is 24.7. The highest BCUT2D eigenvalue weighted by Gasteiger charge is 2.22. The molecule has 0 spiro atoms. The van der Waals surface area contributed by atoms with Crippen LogP contribution in [0.2, 0.25) is 0 Å². The quantitative estimate of drug-likeness (QED) is 0.183. The van der Waals surface area contributed by atoms with Crippen molar-refractivity contribution in [2.75, 3.05) is 0 Å². The summed E-state index contributed by atoms with van der Waals surface area (Å²) in [4.78, 5) is 21.8. The third-order valence-electron chi connectivity index (χ3n) is 9.22. The fourth-order valence-electron chi connectivity index (χ4n) is 6.99. The van der Waals surface area contributed by atoms with Crippen molar-refractivity contribution in [3.8, 4) is 44.5 Å². The molecule has 2 N–H and O–H groups in total. The predicted octanol–water partition coefficient (Wildman–Crippen LogP) is 8.81. The number of fused-ring (bicyclic) bond motifs is 8.